The molecule has 0 bridgehead atoms. The van der Waals surface area contributed by atoms with Gasteiger partial charge in [-0.05, 0) is 51.4 Å². The van der Waals surface area contributed by atoms with Crippen molar-refractivity contribution in [3.8, 4) is 0 Å². The second-order valence-electron chi connectivity index (χ2n) is 5.30. The van der Waals surface area contributed by atoms with E-state index in [9.17, 15) is 9.18 Å². The molecule has 0 spiro atoms. The van der Waals surface area contributed by atoms with Gasteiger partial charge in [0.25, 0.3) is 0 Å². The monoisotopic (exact) mass is 246 g/mol. The maximum absolute atomic E-state index is 13.0. The largest absolute Gasteiger partial charge is 0.299 e. The van der Waals surface area contributed by atoms with E-state index < -0.39 is 6.17 Å². The van der Waals surface area contributed by atoms with Crippen LogP contribution in [0.4, 0.5) is 4.39 Å². The highest BCUT2D eigenvalue weighted by molar-refractivity contribution is 6.20. The number of Topliss-reactive ketones (excluding diaryl/α,β-unsaturated/α-hetero) is 1. The Kier molecular flexibility index (Phi) is 4.23. The van der Waals surface area contributed by atoms with E-state index in [-0.39, 0.29) is 17.2 Å². The number of hydrogen-bond donors (Lipinski definition) is 0. The summed E-state index contributed by atoms with van der Waals surface area (Å²) in [5.74, 6) is 0.760. The molecule has 92 valence electrons. The second kappa shape index (κ2) is 5.48. The molecule has 2 aliphatic rings. The van der Waals surface area contributed by atoms with Crippen molar-refractivity contribution < 1.29 is 9.18 Å². The second-order valence-corrected chi connectivity index (χ2v) is 5.92. The normalized spacial score (nSPS) is 40.6. The topological polar surface area (TPSA) is 17.1 Å². The van der Waals surface area contributed by atoms with Crippen LogP contribution in [0.5, 0.6) is 0 Å². The van der Waals surface area contributed by atoms with Crippen molar-refractivity contribution >= 4 is 17.4 Å². The van der Waals surface area contributed by atoms with Crippen LogP contribution in [0.1, 0.15) is 51.4 Å². The zero-order valence-electron chi connectivity index (χ0n) is 9.63. The fourth-order valence-electron chi connectivity index (χ4n) is 3.01. The van der Waals surface area contributed by atoms with Crippen molar-refractivity contribution in [3.63, 3.8) is 0 Å². The maximum atomic E-state index is 13.0. The molecule has 0 aromatic heterocycles. The summed E-state index contributed by atoms with van der Waals surface area (Å²) in [4.78, 5) is 12.2. The van der Waals surface area contributed by atoms with Crippen LogP contribution in [0.25, 0.3) is 0 Å². The Morgan fingerprint density at radius 3 is 1.81 bits per heavy atom. The van der Waals surface area contributed by atoms with Gasteiger partial charge in [0.05, 0.1) is 0 Å². The summed E-state index contributed by atoms with van der Waals surface area (Å²) < 4.78 is 13.0. The number of carbonyl (C=O) groups excluding carboxylic acids is 1. The molecule has 2 saturated carbocycles. The van der Waals surface area contributed by atoms with Crippen LogP contribution in [0.3, 0.4) is 0 Å². The summed E-state index contributed by atoms with van der Waals surface area (Å²) >= 11 is 6.03. The lowest BCUT2D eigenvalue weighted by molar-refractivity contribution is -0.129. The van der Waals surface area contributed by atoms with E-state index in [1.165, 1.54) is 0 Å². The van der Waals surface area contributed by atoms with Crippen molar-refractivity contribution in [2.45, 2.75) is 62.9 Å². The number of rotatable bonds is 2. The molecule has 0 aromatic carbocycles. The van der Waals surface area contributed by atoms with E-state index in [1.54, 1.807) is 0 Å². The van der Waals surface area contributed by atoms with E-state index in [1.807, 2.05) is 0 Å². The van der Waals surface area contributed by atoms with Gasteiger partial charge in [-0.2, -0.15) is 0 Å². The van der Waals surface area contributed by atoms with Gasteiger partial charge in [-0.3, -0.25) is 4.79 Å². The number of carbonyl (C=O) groups is 1. The standard InChI is InChI=1S/C13H20ClFO/c14-11-5-1-9(2-6-11)13(16)10-3-7-12(15)8-4-10/h9-12H,1-8H2. The van der Waals surface area contributed by atoms with Gasteiger partial charge in [0, 0.05) is 17.2 Å². The highest BCUT2D eigenvalue weighted by atomic mass is 35.5. The van der Waals surface area contributed by atoms with Crippen molar-refractivity contribution in [1.29, 1.82) is 0 Å². The lowest BCUT2D eigenvalue weighted by Crippen LogP contribution is -2.30. The van der Waals surface area contributed by atoms with Crippen LogP contribution in [-0.2, 0) is 4.79 Å². The smallest absolute Gasteiger partial charge is 0.139 e. The van der Waals surface area contributed by atoms with E-state index in [4.69, 9.17) is 11.6 Å². The predicted molar refractivity (Wildman–Crippen MR) is 63.5 cm³/mol. The molecule has 16 heavy (non-hydrogen) atoms. The molecule has 0 atom stereocenters. The van der Waals surface area contributed by atoms with Gasteiger partial charge in [0.1, 0.15) is 12.0 Å². The molecule has 1 nitrogen and oxygen atoms in total. The first-order valence-corrected chi connectivity index (χ1v) is 6.92. The van der Waals surface area contributed by atoms with E-state index in [0.29, 0.717) is 18.6 Å². The van der Waals surface area contributed by atoms with Crippen LogP contribution in [-0.4, -0.2) is 17.3 Å². The quantitative estimate of drug-likeness (QED) is 0.676. The Balaban J connectivity index is 1.83. The molecule has 2 rings (SSSR count). The van der Waals surface area contributed by atoms with Crippen molar-refractivity contribution in [2.24, 2.45) is 11.8 Å². The minimum atomic E-state index is -0.664. The Morgan fingerprint density at radius 2 is 1.31 bits per heavy atom. The summed E-state index contributed by atoms with van der Waals surface area (Å²) in [6, 6.07) is 0. The Hall–Kier alpha value is -0.110. The van der Waals surface area contributed by atoms with Gasteiger partial charge in [0.2, 0.25) is 0 Å². The van der Waals surface area contributed by atoms with Gasteiger partial charge in [-0.1, -0.05) is 0 Å². The van der Waals surface area contributed by atoms with Gasteiger partial charge >= 0.3 is 0 Å². The minimum absolute atomic E-state index is 0.142. The third kappa shape index (κ3) is 2.97. The molecule has 0 N–H and O–H groups in total. The Labute approximate surface area is 102 Å². The molecule has 2 aliphatic carbocycles. The zero-order chi connectivity index (χ0) is 11.5. The molecule has 0 saturated heterocycles. The lowest BCUT2D eigenvalue weighted by Gasteiger charge is -2.30. The van der Waals surface area contributed by atoms with Gasteiger partial charge in [0.15, 0.2) is 0 Å². The zero-order valence-corrected chi connectivity index (χ0v) is 10.4. The van der Waals surface area contributed by atoms with Crippen molar-refractivity contribution in [1.82, 2.24) is 0 Å². The fourth-order valence-corrected chi connectivity index (χ4v) is 3.26. The molecule has 0 aromatic rings. The Bertz CT molecular complexity index is 216. The highest BCUT2D eigenvalue weighted by Gasteiger charge is 2.32. The number of ketones is 1. The van der Waals surface area contributed by atoms with Crippen LogP contribution < -0.4 is 0 Å². The molecular formula is C13H20ClFO. The predicted octanol–water partition coefficient (Wildman–Crippen LogP) is 3.88. The van der Waals surface area contributed by atoms with Crippen LogP contribution in [0.15, 0.2) is 0 Å². The molecule has 0 heterocycles. The summed E-state index contributed by atoms with van der Waals surface area (Å²) in [5, 5.41) is 0.269. The van der Waals surface area contributed by atoms with Gasteiger partial charge < -0.3 is 0 Å². The van der Waals surface area contributed by atoms with Crippen LogP contribution in [0.2, 0.25) is 0 Å². The summed E-state index contributed by atoms with van der Waals surface area (Å²) in [7, 11) is 0. The summed E-state index contributed by atoms with van der Waals surface area (Å²) in [5.41, 5.74) is 0. The average Bonchev–Trinajstić information content (AvgIpc) is 2.30. The molecule has 0 radical (unpaired) electrons. The summed E-state index contributed by atoms with van der Waals surface area (Å²) in [6.07, 6.45) is 5.87. The highest BCUT2D eigenvalue weighted by Crippen LogP contribution is 2.34. The number of hydrogen-bond acceptors (Lipinski definition) is 1. The lowest BCUT2D eigenvalue weighted by atomic mass is 9.76. The van der Waals surface area contributed by atoms with Crippen molar-refractivity contribution in [3.05, 3.63) is 0 Å². The van der Waals surface area contributed by atoms with Gasteiger partial charge in [-0.15, -0.1) is 11.6 Å². The molecule has 0 amide bonds. The van der Waals surface area contributed by atoms with E-state index >= 15 is 0 Å². The third-order valence-corrected chi connectivity index (χ3v) is 4.55. The van der Waals surface area contributed by atoms with Crippen molar-refractivity contribution in [2.75, 3.05) is 0 Å². The molecule has 2 fully saturated rings. The fraction of sp³-hybridized carbons (Fsp3) is 0.923. The summed E-state index contributed by atoms with van der Waals surface area (Å²) in [6.45, 7) is 0. The molecule has 0 aliphatic heterocycles. The Morgan fingerprint density at radius 1 is 0.875 bits per heavy atom. The van der Waals surface area contributed by atoms with Crippen LogP contribution in [0, 0.1) is 11.8 Å². The first-order chi connectivity index (χ1) is 7.66. The molecular weight excluding hydrogens is 227 g/mol. The minimum Gasteiger partial charge on any atom is -0.299 e. The molecule has 0 unspecified atom stereocenters. The van der Waals surface area contributed by atoms with E-state index in [0.717, 1.165) is 38.5 Å². The van der Waals surface area contributed by atoms with Crippen LogP contribution >= 0.6 is 11.6 Å². The number of alkyl halides is 2. The van der Waals surface area contributed by atoms with E-state index in [2.05, 4.69) is 0 Å². The first-order valence-electron chi connectivity index (χ1n) is 6.48. The van der Waals surface area contributed by atoms with Gasteiger partial charge in [-0.25, -0.2) is 4.39 Å². The average molecular weight is 247 g/mol. The third-order valence-electron chi connectivity index (χ3n) is 4.12. The molecule has 3 heteroatoms. The SMILES string of the molecule is O=C(C1CCC(F)CC1)C1CCC(Cl)CC1. The maximum Gasteiger partial charge on any atom is 0.139 e. The first kappa shape index (κ1) is 12.3. The number of halogens is 2.